The third kappa shape index (κ3) is 4.10. The quantitative estimate of drug-likeness (QED) is 0.751. The van der Waals surface area contributed by atoms with Crippen LogP contribution in [0.1, 0.15) is 11.5 Å². The number of ether oxygens (including phenoxy) is 1. The molecule has 24 heavy (non-hydrogen) atoms. The van der Waals surface area contributed by atoms with Crippen LogP contribution in [0, 0.1) is 0 Å². The van der Waals surface area contributed by atoms with E-state index < -0.39 is 6.03 Å². The molecule has 7 nitrogen and oxygen atoms in total. The summed E-state index contributed by atoms with van der Waals surface area (Å²) in [7, 11) is 1.62. The number of carbonyl (C=O) groups excluding carboxylic acids is 1. The number of hydrogen-bond donors (Lipinski definition) is 2. The zero-order valence-corrected chi connectivity index (χ0v) is 13.0. The first-order valence-corrected chi connectivity index (χ1v) is 7.31. The van der Waals surface area contributed by atoms with Gasteiger partial charge in [0.05, 0.1) is 13.5 Å². The van der Waals surface area contributed by atoms with Crippen LogP contribution in [-0.2, 0) is 6.42 Å². The van der Waals surface area contributed by atoms with E-state index >= 15 is 0 Å². The monoisotopic (exact) mass is 324 g/mol. The molecule has 0 atom stereocenters. The number of para-hydroxylation sites is 1. The van der Waals surface area contributed by atoms with Gasteiger partial charge < -0.3 is 14.5 Å². The summed E-state index contributed by atoms with van der Waals surface area (Å²) in [6, 6.07) is 16.2. The largest absolute Gasteiger partial charge is 0.497 e. The molecule has 122 valence electrons. The lowest BCUT2D eigenvalue weighted by Crippen LogP contribution is -2.19. The maximum absolute atomic E-state index is 11.9. The average Bonchev–Trinajstić information content (AvgIpc) is 3.03. The molecule has 0 saturated carbocycles. The number of nitrogens with one attached hydrogen (secondary N) is 2. The van der Waals surface area contributed by atoms with Gasteiger partial charge in [0, 0.05) is 5.69 Å². The molecule has 0 saturated heterocycles. The standard InChI is InChI=1S/C17H16N4O3/c1-23-14-9-7-12(8-10-14)11-15-20-21-17(24-15)19-16(22)18-13-5-3-2-4-6-13/h2-10H,11H2,1H3,(H2,18,19,21,22). The predicted molar refractivity (Wildman–Crippen MR) is 89.2 cm³/mol. The fraction of sp³-hybridized carbons (Fsp3) is 0.118. The first-order chi connectivity index (χ1) is 11.7. The first-order valence-electron chi connectivity index (χ1n) is 7.31. The SMILES string of the molecule is COc1ccc(Cc2nnc(NC(=O)Nc3ccccc3)o2)cc1. The van der Waals surface area contributed by atoms with E-state index in [0.717, 1.165) is 11.3 Å². The molecule has 1 heterocycles. The van der Waals surface area contributed by atoms with Crippen LogP contribution in [0.2, 0.25) is 0 Å². The minimum Gasteiger partial charge on any atom is -0.497 e. The maximum Gasteiger partial charge on any atom is 0.327 e. The number of aromatic nitrogens is 2. The number of benzene rings is 2. The Morgan fingerprint density at radius 1 is 1.04 bits per heavy atom. The van der Waals surface area contributed by atoms with Gasteiger partial charge in [0.1, 0.15) is 5.75 Å². The zero-order chi connectivity index (χ0) is 16.8. The van der Waals surface area contributed by atoms with Crippen LogP contribution in [0.3, 0.4) is 0 Å². The minimum absolute atomic E-state index is 0.0481. The van der Waals surface area contributed by atoms with Crippen LogP contribution in [-0.4, -0.2) is 23.3 Å². The molecule has 0 aliphatic rings. The van der Waals surface area contributed by atoms with Gasteiger partial charge in [-0.2, -0.15) is 0 Å². The molecule has 0 radical (unpaired) electrons. The summed E-state index contributed by atoms with van der Waals surface area (Å²) in [6.07, 6.45) is 0.471. The second-order valence-electron chi connectivity index (χ2n) is 4.97. The lowest BCUT2D eigenvalue weighted by atomic mass is 10.1. The fourth-order valence-electron chi connectivity index (χ4n) is 2.07. The smallest absolute Gasteiger partial charge is 0.327 e. The molecule has 1 aromatic heterocycles. The Balaban J connectivity index is 1.57. The van der Waals surface area contributed by atoms with Gasteiger partial charge in [-0.05, 0) is 29.8 Å². The Morgan fingerprint density at radius 2 is 1.79 bits per heavy atom. The van der Waals surface area contributed by atoms with E-state index in [1.807, 2.05) is 42.5 Å². The fourth-order valence-corrected chi connectivity index (χ4v) is 2.07. The van der Waals surface area contributed by atoms with Crippen LogP contribution in [0.4, 0.5) is 16.5 Å². The van der Waals surface area contributed by atoms with Crippen molar-refractivity contribution in [2.24, 2.45) is 0 Å². The van der Waals surface area contributed by atoms with Crippen LogP contribution >= 0.6 is 0 Å². The van der Waals surface area contributed by atoms with Crippen molar-refractivity contribution in [1.82, 2.24) is 10.2 Å². The van der Waals surface area contributed by atoms with Gasteiger partial charge in [-0.15, -0.1) is 5.10 Å². The number of urea groups is 1. The molecule has 2 amide bonds. The highest BCUT2D eigenvalue weighted by Gasteiger charge is 2.10. The summed E-state index contributed by atoms with van der Waals surface area (Å²) in [5.41, 5.74) is 1.67. The van der Waals surface area contributed by atoms with Crippen LogP contribution in [0.15, 0.2) is 59.0 Å². The van der Waals surface area contributed by atoms with Gasteiger partial charge in [-0.25, -0.2) is 4.79 Å². The summed E-state index contributed by atoms with van der Waals surface area (Å²) >= 11 is 0. The predicted octanol–water partition coefficient (Wildman–Crippen LogP) is 3.31. The molecule has 0 unspecified atom stereocenters. The topological polar surface area (TPSA) is 89.3 Å². The highest BCUT2D eigenvalue weighted by Crippen LogP contribution is 2.15. The minimum atomic E-state index is -0.444. The number of amides is 2. The van der Waals surface area contributed by atoms with E-state index in [1.54, 1.807) is 19.2 Å². The van der Waals surface area contributed by atoms with Gasteiger partial charge in [-0.1, -0.05) is 35.4 Å². The molecule has 3 rings (SSSR count). The third-order valence-corrected chi connectivity index (χ3v) is 3.23. The second kappa shape index (κ2) is 7.28. The number of rotatable bonds is 5. The van der Waals surface area contributed by atoms with Gasteiger partial charge in [0.25, 0.3) is 0 Å². The average molecular weight is 324 g/mol. The maximum atomic E-state index is 11.9. The van der Waals surface area contributed by atoms with Crippen molar-refractivity contribution >= 4 is 17.7 Å². The van der Waals surface area contributed by atoms with Crippen molar-refractivity contribution < 1.29 is 13.9 Å². The molecule has 0 fully saturated rings. The van der Waals surface area contributed by atoms with Crippen molar-refractivity contribution in [3.05, 3.63) is 66.1 Å². The molecule has 7 heteroatoms. The van der Waals surface area contributed by atoms with E-state index in [1.165, 1.54) is 0 Å². The molecular formula is C17H16N4O3. The van der Waals surface area contributed by atoms with E-state index in [0.29, 0.717) is 18.0 Å². The Bertz CT molecular complexity index is 800. The van der Waals surface area contributed by atoms with Gasteiger partial charge in [0.15, 0.2) is 0 Å². The van der Waals surface area contributed by atoms with Crippen molar-refractivity contribution in [2.45, 2.75) is 6.42 Å². The second-order valence-corrected chi connectivity index (χ2v) is 4.97. The van der Waals surface area contributed by atoms with Crippen molar-refractivity contribution in [3.63, 3.8) is 0 Å². The van der Waals surface area contributed by atoms with Crippen molar-refractivity contribution in [3.8, 4) is 5.75 Å². The molecule has 0 aliphatic carbocycles. The molecule has 3 aromatic rings. The summed E-state index contributed by atoms with van der Waals surface area (Å²) in [6.45, 7) is 0. The molecule has 0 aliphatic heterocycles. The number of nitrogens with zero attached hydrogens (tertiary/aromatic N) is 2. The highest BCUT2D eigenvalue weighted by molar-refractivity contribution is 5.98. The Labute approximate surface area is 138 Å². The van der Waals surface area contributed by atoms with E-state index in [4.69, 9.17) is 9.15 Å². The zero-order valence-electron chi connectivity index (χ0n) is 13.0. The van der Waals surface area contributed by atoms with Crippen molar-refractivity contribution in [2.75, 3.05) is 17.7 Å². The Hall–Kier alpha value is -3.35. The lowest BCUT2D eigenvalue weighted by molar-refractivity contribution is 0.261. The van der Waals surface area contributed by atoms with E-state index in [9.17, 15) is 4.79 Å². The van der Waals surface area contributed by atoms with E-state index in [-0.39, 0.29) is 6.01 Å². The van der Waals surface area contributed by atoms with Crippen LogP contribution < -0.4 is 15.4 Å². The summed E-state index contributed by atoms with van der Waals surface area (Å²) in [5, 5.41) is 12.9. The first kappa shape index (κ1) is 15.5. The summed E-state index contributed by atoms with van der Waals surface area (Å²) in [4.78, 5) is 11.9. The molecule has 0 spiro atoms. The van der Waals surface area contributed by atoms with Crippen molar-refractivity contribution in [1.29, 1.82) is 0 Å². The highest BCUT2D eigenvalue weighted by atomic mass is 16.5. The molecule has 2 aromatic carbocycles. The molecule has 2 N–H and O–H groups in total. The number of carbonyl (C=O) groups is 1. The van der Waals surface area contributed by atoms with E-state index in [2.05, 4.69) is 20.8 Å². The lowest BCUT2D eigenvalue weighted by Gasteiger charge is -2.03. The van der Waals surface area contributed by atoms with Crippen LogP contribution in [0.25, 0.3) is 0 Å². The molecule has 0 bridgehead atoms. The van der Waals surface area contributed by atoms with Crippen LogP contribution in [0.5, 0.6) is 5.75 Å². The summed E-state index contributed by atoms with van der Waals surface area (Å²) < 4.78 is 10.5. The Kier molecular flexibility index (Phi) is 4.71. The van der Waals surface area contributed by atoms with Gasteiger partial charge in [-0.3, -0.25) is 5.32 Å². The number of methoxy groups -OCH3 is 1. The molecular weight excluding hydrogens is 308 g/mol. The van der Waals surface area contributed by atoms with Gasteiger partial charge >= 0.3 is 12.0 Å². The normalized spacial score (nSPS) is 10.2. The summed E-state index contributed by atoms with van der Waals surface area (Å²) in [5.74, 6) is 1.19. The Morgan fingerprint density at radius 3 is 2.50 bits per heavy atom. The number of anilines is 2. The number of hydrogen-bond acceptors (Lipinski definition) is 5. The van der Waals surface area contributed by atoms with Gasteiger partial charge in [0.2, 0.25) is 5.89 Å². The third-order valence-electron chi connectivity index (χ3n) is 3.23.